The van der Waals surface area contributed by atoms with E-state index in [9.17, 15) is 0 Å². The summed E-state index contributed by atoms with van der Waals surface area (Å²) in [6.45, 7) is 0. The SMILES string of the molecule is [Cl][Sn][CH2]CCC(C1CCCCC1)C1CCCCC1. The number of halogens is 1. The molecule has 2 aliphatic rings. The minimum atomic E-state index is -0.455. The van der Waals surface area contributed by atoms with Crippen molar-refractivity contribution < 1.29 is 0 Å². The zero-order valence-corrected chi connectivity index (χ0v) is 15.4. The average molecular weight is 376 g/mol. The van der Waals surface area contributed by atoms with E-state index >= 15 is 0 Å². The molecule has 0 aromatic carbocycles. The van der Waals surface area contributed by atoms with Crippen molar-refractivity contribution in [1.82, 2.24) is 0 Å². The van der Waals surface area contributed by atoms with Crippen molar-refractivity contribution in [3.8, 4) is 0 Å². The van der Waals surface area contributed by atoms with Gasteiger partial charge in [0.2, 0.25) is 0 Å². The summed E-state index contributed by atoms with van der Waals surface area (Å²) in [6.07, 6.45) is 18.2. The second kappa shape index (κ2) is 9.10. The molecule has 2 rings (SSSR count). The summed E-state index contributed by atoms with van der Waals surface area (Å²) >= 11 is -0.455. The standard InChI is InChI=1S/C16H29.ClH.Sn/c1-2-9-16(14-10-5-3-6-11-14)15-12-7-4-8-13-15;;/h14-16H,1-13H2;1H;/q;;+1/p-1. The van der Waals surface area contributed by atoms with Gasteiger partial charge in [-0.25, -0.2) is 0 Å². The van der Waals surface area contributed by atoms with Crippen LogP contribution in [0.4, 0.5) is 0 Å². The van der Waals surface area contributed by atoms with Crippen molar-refractivity contribution >= 4 is 28.9 Å². The quantitative estimate of drug-likeness (QED) is 0.405. The normalized spacial score (nSPS) is 23.7. The fourth-order valence-corrected chi connectivity index (χ4v) is 6.25. The van der Waals surface area contributed by atoms with Crippen molar-refractivity contribution in [1.29, 1.82) is 0 Å². The molecular formula is C16H29ClSn. The maximum atomic E-state index is 6.03. The van der Waals surface area contributed by atoms with Crippen LogP contribution in [-0.4, -0.2) is 20.0 Å². The van der Waals surface area contributed by atoms with Gasteiger partial charge in [0.15, 0.2) is 0 Å². The first-order valence-corrected chi connectivity index (χ1v) is 13.9. The van der Waals surface area contributed by atoms with E-state index in [4.69, 9.17) is 8.92 Å². The maximum absolute atomic E-state index is 6.03. The minimum absolute atomic E-state index is 0.455. The molecule has 104 valence electrons. The zero-order chi connectivity index (χ0) is 12.6. The van der Waals surface area contributed by atoms with Crippen LogP contribution in [-0.2, 0) is 0 Å². The molecule has 0 N–H and O–H groups in total. The Hall–Kier alpha value is 1.09. The first-order valence-electron chi connectivity index (χ1n) is 8.25. The predicted molar refractivity (Wildman–Crippen MR) is 82.3 cm³/mol. The van der Waals surface area contributed by atoms with Crippen LogP contribution in [0.25, 0.3) is 0 Å². The fourth-order valence-electron chi connectivity index (χ4n) is 4.39. The summed E-state index contributed by atoms with van der Waals surface area (Å²) in [5.41, 5.74) is 0. The number of hydrogen-bond acceptors (Lipinski definition) is 0. The number of hydrogen-bond donors (Lipinski definition) is 0. The summed E-state index contributed by atoms with van der Waals surface area (Å²) < 4.78 is 1.40. The van der Waals surface area contributed by atoms with Crippen molar-refractivity contribution in [3.05, 3.63) is 0 Å². The molecule has 0 bridgehead atoms. The molecule has 0 saturated heterocycles. The van der Waals surface area contributed by atoms with Crippen molar-refractivity contribution in [2.24, 2.45) is 17.8 Å². The van der Waals surface area contributed by atoms with Crippen LogP contribution in [0.2, 0.25) is 4.44 Å². The van der Waals surface area contributed by atoms with Gasteiger partial charge in [0.1, 0.15) is 0 Å². The molecule has 2 fully saturated rings. The Morgan fingerprint density at radius 2 is 1.33 bits per heavy atom. The van der Waals surface area contributed by atoms with Crippen molar-refractivity contribution in [2.75, 3.05) is 0 Å². The van der Waals surface area contributed by atoms with Gasteiger partial charge < -0.3 is 0 Å². The number of rotatable bonds is 6. The molecule has 0 unspecified atom stereocenters. The zero-order valence-electron chi connectivity index (χ0n) is 11.8. The van der Waals surface area contributed by atoms with Gasteiger partial charge >= 0.3 is 128 Å². The van der Waals surface area contributed by atoms with E-state index in [-0.39, 0.29) is 0 Å². The monoisotopic (exact) mass is 376 g/mol. The van der Waals surface area contributed by atoms with Crippen LogP contribution in [0, 0.1) is 17.8 Å². The summed E-state index contributed by atoms with van der Waals surface area (Å²) in [5, 5.41) is 0. The van der Waals surface area contributed by atoms with Gasteiger partial charge in [0.25, 0.3) is 0 Å². The molecule has 0 aromatic rings. The van der Waals surface area contributed by atoms with Crippen LogP contribution in [0.3, 0.4) is 0 Å². The molecule has 0 nitrogen and oxygen atoms in total. The molecule has 0 heterocycles. The Labute approximate surface area is 128 Å². The molecule has 0 amide bonds. The van der Waals surface area contributed by atoms with E-state index in [1.165, 1.54) is 55.8 Å². The molecule has 0 atom stereocenters. The third kappa shape index (κ3) is 4.89. The molecule has 0 aromatic heterocycles. The van der Waals surface area contributed by atoms with Crippen LogP contribution in [0.15, 0.2) is 0 Å². The Bertz CT molecular complexity index is 189. The summed E-state index contributed by atoms with van der Waals surface area (Å²) in [4.78, 5) is 0. The first-order chi connectivity index (χ1) is 8.92. The molecular weight excluding hydrogens is 346 g/mol. The van der Waals surface area contributed by atoms with Gasteiger partial charge in [-0.2, -0.15) is 0 Å². The van der Waals surface area contributed by atoms with E-state index in [1.54, 1.807) is 25.7 Å². The van der Waals surface area contributed by atoms with Gasteiger partial charge in [-0.1, -0.05) is 0 Å². The molecule has 0 aliphatic heterocycles. The van der Waals surface area contributed by atoms with Gasteiger partial charge in [-0.05, 0) is 0 Å². The van der Waals surface area contributed by atoms with Gasteiger partial charge in [-0.3, -0.25) is 0 Å². The molecule has 2 heteroatoms. The second-order valence-corrected chi connectivity index (χ2v) is 10.5. The van der Waals surface area contributed by atoms with Gasteiger partial charge in [-0.15, -0.1) is 0 Å². The van der Waals surface area contributed by atoms with Crippen molar-refractivity contribution in [3.63, 3.8) is 0 Å². The molecule has 2 saturated carbocycles. The first kappa shape index (κ1) is 15.5. The van der Waals surface area contributed by atoms with Crippen LogP contribution < -0.4 is 0 Å². The second-order valence-electron chi connectivity index (χ2n) is 6.49. The van der Waals surface area contributed by atoms with E-state index < -0.39 is 20.0 Å². The Morgan fingerprint density at radius 1 is 0.833 bits per heavy atom. The average Bonchev–Trinajstić information content (AvgIpc) is 2.46. The Morgan fingerprint density at radius 3 is 1.78 bits per heavy atom. The molecule has 18 heavy (non-hydrogen) atoms. The van der Waals surface area contributed by atoms with E-state index in [1.807, 2.05) is 0 Å². The van der Waals surface area contributed by atoms with Crippen LogP contribution >= 0.6 is 8.92 Å². The van der Waals surface area contributed by atoms with Crippen LogP contribution in [0.5, 0.6) is 0 Å². The Kier molecular flexibility index (Phi) is 7.83. The molecule has 0 spiro atoms. The predicted octanol–water partition coefficient (Wildman–Crippen LogP) is 5.82. The van der Waals surface area contributed by atoms with Crippen LogP contribution in [0.1, 0.15) is 77.0 Å². The topological polar surface area (TPSA) is 0 Å². The Balaban J connectivity index is 1.87. The van der Waals surface area contributed by atoms with Gasteiger partial charge in [0.05, 0.1) is 0 Å². The summed E-state index contributed by atoms with van der Waals surface area (Å²) in [6, 6.07) is 0. The van der Waals surface area contributed by atoms with Crippen molar-refractivity contribution in [2.45, 2.75) is 81.5 Å². The third-order valence-corrected chi connectivity index (χ3v) is 8.14. The van der Waals surface area contributed by atoms with E-state index in [0.717, 1.165) is 17.8 Å². The van der Waals surface area contributed by atoms with E-state index in [0.29, 0.717) is 0 Å². The fraction of sp³-hybridized carbons (Fsp3) is 1.00. The molecule has 2 aliphatic carbocycles. The van der Waals surface area contributed by atoms with E-state index in [2.05, 4.69) is 0 Å². The molecule has 2 radical (unpaired) electrons. The summed E-state index contributed by atoms with van der Waals surface area (Å²) in [7, 11) is 6.03. The summed E-state index contributed by atoms with van der Waals surface area (Å²) in [5.74, 6) is 3.25. The third-order valence-electron chi connectivity index (χ3n) is 5.32. The van der Waals surface area contributed by atoms with Gasteiger partial charge in [0, 0.05) is 0 Å².